The molecular formula is C28H30ClF3N8O. The van der Waals surface area contributed by atoms with E-state index in [-0.39, 0.29) is 11.3 Å². The molecule has 1 fully saturated rings. The summed E-state index contributed by atoms with van der Waals surface area (Å²) in [6.45, 7) is 9.12. The molecule has 9 nitrogen and oxygen atoms in total. The highest BCUT2D eigenvalue weighted by Gasteiger charge is 2.36. The van der Waals surface area contributed by atoms with E-state index in [1.54, 1.807) is 44.9 Å². The summed E-state index contributed by atoms with van der Waals surface area (Å²) in [5, 5.41) is 15.1. The zero-order valence-corrected chi connectivity index (χ0v) is 23.9. The molecule has 0 atom stereocenters. The Bertz CT molecular complexity index is 1590. The van der Waals surface area contributed by atoms with E-state index in [9.17, 15) is 18.0 Å². The number of nitrogens with one attached hydrogen (secondary N) is 1. The molecule has 5 rings (SSSR count). The molecule has 13 heteroatoms. The van der Waals surface area contributed by atoms with Crippen molar-refractivity contribution in [1.82, 2.24) is 29.7 Å². The van der Waals surface area contributed by atoms with Crippen LogP contribution in [0.15, 0.2) is 42.7 Å². The number of amides is 1. The molecule has 1 aliphatic rings. The largest absolute Gasteiger partial charge is 0.417 e. The lowest BCUT2D eigenvalue weighted by atomic mass is 10.1. The van der Waals surface area contributed by atoms with Gasteiger partial charge in [0.15, 0.2) is 0 Å². The van der Waals surface area contributed by atoms with Gasteiger partial charge < -0.3 is 15.1 Å². The van der Waals surface area contributed by atoms with Crippen molar-refractivity contribution in [3.63, 3.8) is 0 Å². The van der Waals surface area contributed by atoms with Gasteiger partial charge in [-0.2, -0.15) is 18.3 Å². The Morgan fingerprint density at radius 1 is 1.07 bits per heavy atom. The van der Waals surface area contributed by atoms with Crippen LogP contribution in [0.3, 0.4) is 0 Å². The molecule has 0 spiro atoms. The molecule has 0 unspecified atom stereocenters. The van der Waals surface area contributed by atoms with Crippen LogP contribution in [0.2, 0.25) is 5.02 Å². The second-order valence-corrected chi connectivity index (χ2v) is 10.4. The first kappa shape index (κ1) is 28.6. The van der Waals surface area contributed by atoms with Crippen molar-refractivity contribution in [3.8, 4) is 16.9 Å². The number of benzene rings is 2. The first-order valence-electron chi connectivity index (χ1n) is 13.2. The first-order chi connectivity index (χ1) is 19.5. The monoisotopic (exact) mass is 586 g/mol. The van der Waals surface area contributed by atoms with Crippen molar-refractivity contribution in [2.75, 3.05) is 42.9 Å². The molecule has 1 N–H and O–H groups in total. The van der Waals surface area contributed by atoms with Crippen molar-refractivity contribution in [3.05, 3.63) is 70.1 Å². The molecule has 0 bridgehead atoms. The van der Waals surface area contributed by atoms with Gasteiger partial charge >= 0.3 is 6.18 Å². The van der Waals surface area contributed by atoms with E-state index in [4.69, 9.17) is 11.6 Å². The van der Waals surface area contributed by atoms with Crippen molar-refractivity contribution < 1.29 is 18.0 Å². The molecule has 4 aromatic rings. The molecule has 0 saturated carbocycles. The SMILES string of the molecule is CCN1CCN(c2cc(C(=O)Nc3ccc(C)c(-n4cc(-c5cnn(C)c5C)nn4)c3)cc(C(F)(F)F)c2Cl)CC1. The summed E-state index contributed by atoms with van der Waals surface area (Å²) in [6.07, 6.45) is -1.24. The van der Waals surface area contributed by atoms with E-state index in [1.165, 1.54) is 6.07 Å². The van der Waals surface area contributed by atoms with Crippen LogP contribution in [-0.4, -0.2) is 68.3 Å². The number of carbonyl (C=O) groups excluding carboxylic acids is 1. The summed E-state index contributed by atoms with van der Waals surface area (Å²) in [6, 6.07) is 7.42. The second kappa shape index (κ2) is 11.2. The Kier molecular flexibility index (Phi) is 7.80. The third-order valence-electron chi connectivity index (χ3n) is 7.50. The maximum Gasteiger partial charge on any atom is 0.417 e. The normalized spacial score (nSPS) is 14.5. The van der Waals surface area contributed by atoms with Crippen LogP contribution >= 0.6 is 11.6 Å². The third-order valence-corrected chi connectivity index (χ3v) is 7.90. The van der Waals surface area contributed by atoms with Gasteiger partial charge in [0.1, 0.15) is 5.69 Å². The summed E-state index contributed by atoms with van der Waals surface area (Å²) in [5.41, 5.74) is 3.36. The number of hydrogen-bond acceptors (Lipinski definition) is 6. The summed E-state index contributed by atoms with van der Waals surface area (Å²) in [7, 11) is 1.84. The lowest BCUT2D eigenvalue weighted by Crippen LogP contribution is -2.46. The fraction of sp³-hybridized carbons (Fsp3) is 0.357. The number of likely N-dealkylation sites (N-methyl/N-ethyl adjacent to an activating group) is 1. The van der Waals surface area contributed by atoms with Crippen LogP contribution in [0.4, 0.5) is 24.5 Å². The minimum atomic E-state index is -4.72. The minimum Gasteiger partial charge on any atom is -0.368 e. The highest BCUT2D eigenvalue weighted by atomic mass is 35.5. The number of piperazine rings is 1. The maximum absolute atomic E-state index is 14.0. The average Bonchev–Trinajstić information content (AvgIpc) is 3.55. The van der Waals surface area contributed by atoms with E-state index >= 15 is 0 Å². The van der Waals surface area contributed by atoms with Crippen LogP contribution in [0.5, 0.6) is 0 Å². The number of halogens is 4. The Balaban J connectivity index is 1.43. The highest BCUT2D eigenvalue weighted by Crippen LogP contribution is 2.41. The van der Waals surface area contributed by atoms with E-state index in [0.717, 1.165) is 29.4 Å². The van der Waals surface area contributed by atoms with Crippen LogP contribution in [0.1, 0.15) is 34.1 Å². The van der Waals surface area contributed by atoms with Gasteiger partial charge in [0.2, 0.25) is 0 Å². The Hall–Kier alpha value is -3.90. The quantitative estimate of drug-likeness (QED) is 0.328. The molecule has 41 heavy (non-hydrogen) atoms. The number of aromatic nitrogens is 5. The lowest BCUT2D eigenvalue weighted by Gasteiger charge is -2.36. The van der Waals surface area contributed by atoms with Crippen LogP contribution in [0.25, 0.3) is 16.9 Å². The zero-order valence-electron chi connectivity index (χ0n) is 23.1. The summed E-state index contributed by atoms with van der Waals surface area (Å²) >= 11 is 6.27. The van der Waals surface area contributed by atoms with Gasteiger partial charge in [-0.3, -0.25) is 9.48 Å². The fourth-order valence-electron chi connectivity index (χ4n) is 4.87. The van der Waals surface area contributed by atoms with Gasteiger partial charge in [-0.25, -0.2) is 4.68 Å². The summed E-state index contributed by atoms with van der Waals surface area (Å²) in [4.78, 5) is 17.3. The fourth-order valence-corrected chi connectivity index (χ4v) is 5.21. The van der Waals surface area contributed by atoms with Gasteiger partial charge in [-0.1, -0.05) is 29.8 Å². The number of carbonyl (C=O) groups is 1. The van der Waals surface area contributed by atoms with Crippen LogP contribution in [-0.2, 0) is 13.2 Å². The van der Waals surface area contributed by atoms with Crippen LogP contribution < -0.4 is 10.2 Å². The molecule has 1 aliphatic heterocycles. The van der Waals surface area contributed by atoms with Gasteiger partial charge in [-0.05, 0) is 50.2 Å². The average molecular weight is 587 g/mol. The van der Waals surface area contributed by atoms with Crippen molar-refractivity contribution >= 4 is 28.9 Å². The standard InChI is InChI=1S/C28H30ClF3N8O/c1-5-38-8-10-39(11-9-38)25-13-19(12-22(26(25)29)28(30,31)32)27(41)34-20-7-6-17(2)24(14-20)40-16-23(35-36-40)21-15-33-37(4)18(21)3/h6-7,12-16H,5,8-11H2,1-4H3,(H,34,41). The molecule has 2 aromatic carbocycles. The third kappa shape index (κ3) is 5.80. The van der Waals surface area contributed by atoms with E-state index in [1.807, 2.05) is 27.8 Å². The van der Waals surface area contributed by atoms with Gasteiger partial charge in [0.05, 0.1) is 34.4 Å². The number of anilines is 2. The lowest BCUT2D eigenvalue weighted by molar-refractivity contribution is -0.137. The molecular weight excluding hydrogens is 557 g/mol. The smallest absolute Gasteiger partial charge is 0.368 e. The zero-order chi connectivity index (χ0) is 29.5. The summed E-state index contributed by atoms with van der Waals surface area (Å²) < 4.78 is 45.2. The predicted molar refractivity (Wildman–Crippen MR) is 152 cm³/mol. The van der Waals surface area contributed by atoms with E-state index in [2.05, 4.69) is 25.6 Å². The van der Waals surface area contributed by atoms with Gasteiger partial charge in [0.25, 0.3) is 5.91 Å². The molecule has 3 heterocycles. The van der Waals surface area contributed by atoms with Crippen molar-refractivity contribution in [2.45, 2.75) is 26.9 Å². The number of alkyl halides is 3. The van der Waals surface area contributed by atoms with E-state index < -0.39 is 22.7 Å². The molecule has 0 aliphatic carbocycles. The number of rotatable bonds is 6. The number of hydrogen-bond donors (Lipinski definition) is 1. The second-order valence-electron chi connectivity index (χ2n) is 10.0. The minimum absolute atomic E-state index is 0.133. The Morgan fingerprint density at radius 2 is 1.80 bits per heavy atom. The number of nitrogens with zero attached hydrogens (tertiary/aromatic N) is 7. The van der Waals surface area contributed by atoms with Gasteiger partial charge in [0, 0.05) is 55.7 Å². The predicted octanol–water partition coefficient (Wildman–Crippen LogP) is 5.35. The molecule has 2 aromatic heterocycles. The molecule has 1 amide bonds. The maximum atomic E-state index is 14.0. The van der Waals surface area contributed by atoms with E-state index in [0.29, 0.717) is 43.2 Å². The Labute approximate surface area is 240 Å². The van der Waals surface area contributed by atoms with Crippen LogP contribution in [0, 0.1) is 13.8 Å². The number of aryl methyl sites for hydroxylation is 2. The van der Waals surface area contributed by atoms with Crippen molar-refractivity contribution in [2.24, 2.45) is 7.05 Å². The van der Waals surface area contributed by atoms with Gasteiger partial charge in [-0.15, -0.1) is 5.10 Å². The highest BCUT2D eigenvalue weighted by molar-refractivity contribution is 6.34. The first-order valence-corrected chi connectivity index (χ1v) is 13.6. The molecule has 0 radical (unpaired) electrons. The van der Waals surface area contributed by atoms with Crippen molar-refractivity contribution in [1.29, 1.82) is 0 Å². The molecule has 216 valence electrons. The molecule has 1 saturated heterocycles. The summed E-state index contributed by atoms with van der Waals surface area (Å²) in [5.74, 6) is -0.680. The Morgan fingerprint density at radius 3 is 2.44 bits per heavy atom. The topological polar surface area (TPSA) is 84.1 Å².